The van der Waals surface area contributed by atoms with Crippen LogP contribution in [0, 0.1) is 5.92 Å². The van der Waals surface area contributed by atoms with Crippen molar-refractivity contribution in [3.63, 3.8) is 0 Å². The van der Waals surface area contributed by atoms with Crippen LogP contribution in [0.2, 0.25) is 5.02 Å². The summed E-state index contributed by atoms with van der Waals surface area (Å²) >= 11 is 7.29. The lowest BCUT2D eigenvalue weighted by atomic mass is 9.90. The maximum atomic E-state index is 12.8. The molecule has 33 heavy (non-hydrogen) atoms. The Morgan fingerprint density at radius 3 is 2.39 bits per heavy atom. The number of rotatable bonds is 9. The molecule has 6 nitrogen and oxygen atoms in total. The molecule has 0 spiro atoms. The molecule has 2 aliphatic rings. The van der Waals surface area contributed by atoms with E-state index >= 15 is 0 Å². The monoisotopic (exact) mass is 489 g/mol. The number of halogens is 1. The molecule has 2 amide bonds. The average molecular weight is 490 g/mol. The molecule has 2 aliphatic carbocycles. The summed E-state index contributed by atoms with van der Waals surface area (Å²) in [5.41, 5.74) is 0.395. The summed E-state index contributed by atoms with van der Waals surface area (Å²) in [4.78, 5) is 29.8. The standard InChI is InChI=1S/C25H32ClN3O3S/c26-18-10-12-19(13-11-18)32-15-24-28-22(16-33-24)25(31)29-21-8-4-3-7-20(21)27-23(30)14-9-17-5-1-2-6-17/h10-13,16-17,20-21H,1-9,14-15H2,(H,27,30)(H,29,31). The topological polar surface area (TPSA) is 80.3 Å². The molecule has 4 rings (SSSR count). The van der Waals surface area contributed by atoms with E-state index < -0.39 is 0 Å². The predicted molar refractivity (Wildman–Crippen MR) is 131 cm³/mol. The van der Waals surface area contributed by atoms with Gasteiger partial charge in [0.1, 0.15) is 23.1 Å². The highest BCUT2D eigenvalue weighted by molar-refractivity contribution is 7.09. The lowest BCUT2D eigenvalue weighted by Gasteiger charge is -2.32. The maximum Gasteiger partial charge on any atom is 0.271 e. The fourth-order valence-electron chi connectivity index (χ4n) is 4.79. The highest BCUT2D eigenvalue weighted by Crippen LogP contribution is 2.28. The summed E-state index contributed by atoms with van der Waals surface area (Å²) in [7, 11) is 0. The zero-order chi connectivity index (χ0) is 23.0. The van der Waals surface area contributed by atoms with Crippen molar-refractivity contribution >= 4 is 34.8 Å². The molecule has 1 heterocycles. The average Bonchev–Trinajstić information content (AvgIpc) is 3.51. The van der Waals surface area contributed by atoms with Crippen LogP contribution in [0.3, 0.4) is 0 Å². The molecule has 0 radical (unpaired) electrons. The molecule has 2 unspecified atom stereocenters. The lowest BCUT2D eigenvalue weighted by Crippen LogP contribution is -2.53. The highest BCUT2D eigenvalue weighted by Gasteiger charge is 2.29. The largest absolute Gasteiger partial charge is 0.486 e. The summed E-state index contributed by atoms with van der Waals surface area (Å²) < 4.78 is 5.72. The summed E-state index contributed by atoms with van der Waals surface area (Å²) in [6, 6.07) is 7.07. The molecule has 0 saturated heterocycles. The number of carbonyl (C=O) groups is 2. The third-order valence-corrected chi connectivity index (χ3v) is 7.72. The van der Waals surface area contributed by atoms with E-state index in [1.165, 1.54) is 37.0 Å². The van der Waals surface area contributed by atoms with Crippen molar-refractivity contribution in [3.05, 3.63) is 45.4 Å². The molecule has 2 N–H and O–H groups in total. The van der Waals surface area contributed by atoms with Crippen LogP contribution in [-0.2, 0) is 11.4 Å². The van der Waals surface area contributed by atoms with Crippen LogP contribution in [0.5, 0.6) is 5.75 Å². The number of hydrogen-bond donors (Lipinski definition) is 2. The number of nitrogens with one attached hydrogen (secondary N) is 2. The summed E-state index contributed by atoms with van der Waals surface area (Å²) in [5.74, 6) is 1.33. The van der Waals surface area contributed by atoms with Gasteiger partial charge in [-0.3, -0.25) is 9.59 Å². The Balaban J connectivity index is 1.26. The zero-order valence-corrected chi connectivity index (χ0v) is 20.4. The molecule has 0 bridgehead atoms. The third kappa shape index (κ3) is 7.18. The quantitative estimate of drug-likeness (QED) is 0.487. The smallest absolute Gasteiger partial charge is 0.271 e. The van der Waals surface area contributed by atoms with Crippen molar-refractivity contribution in [2.45, 2.75) is 82.9 Å². The van der Waals surface area contributed by atoms with Crippen molar-refractivity contribution in [1.29, 1.82) is 0 Å². The maximum absolute atomic E-state index is 12.8. The Hall–Kier alpha value is -2.12. The Kier molecular flexibility index (Phi) is 8.62. The van der Waals surface area contributed by atoms with Crippen LogP contribution < -0.4 is 15.4 Å². The molecular weight excluding hydrogens is 458 g/mol. The second kappa shape index (κ2) is 11.8. The first-order valence-corrected chi connectivity index (χ1v) is 13.3. The van der Waals surface area contributed by atoms with E-state index in [0.29, 0.717) is 35.4 Å². The van der Waals surface area contributed by atoms with Crippen LogP contribution in [0.15, 0.2) is 29.6 Å². The normalized spacial score (nSPS) is 21.0. The van der Waals surface area contributed by atoms with Crippen molar-refractivity contribution in [1.82, 2.24) is 15.6 Å². The van der Waals surface area contributed by atoms with E-state index in [4.69, 9.17) is 16.3 Å². The Bertz CT molecular complexity index is 927. The number of aromatic nitrogens is 1. The van der Waals surface area contributed by atoms with Crippen LogP contribution >= 0.6 is 22.9 Å². The van der Waals surface area contributed by atoms with E-state index in [2.05, 4.69) is 15.6 Å². The van der Waals surface area contributed by atoms with Gasteiger partial charge in [-0.05, 0) is 49.4 Å². The number of benzene rings is 1. The SMILES string of the molecule is O=C(CCC1CCCC1)NC1CCCCC1NC(=O)c1csc(COc2ccc(Cl)cc2)n1. The van der Waals surface area contributed by atoms with Gasteiger partial charge in [0.05, 0.1) is 0 Å². The van der Waals surface area contributed by atoms with Crippen molar-refractivity contribution in [2.24, 2.45) is 5.92 Å². The number of hydrogen-bond acceptors (Lipinski definition) is 5. The number of carbonyl (C=O) groups excluding carboxylic acids is 2. The van der Waals surface area contributed by atoms with Gasteiger partial charge >= 0.3 is 0 Å². The molecule has 8 heteroatoms. The predicted octanol–water partition coefficient (Wildman–Crippen LogP) is 5.50. The summed E-state index contributed by atoms with van der Waals surface area (Å²) in [6.45, 7) is 0.294. The summed E-state index contributed by atoms with van der Waals surface area (Å²) in [6.07, 6.45) is 10.6. The molecule has 2 fully saturated rings. The molecule has 1 aromatic carbocycles. The minimum atomic E-state index is -0.193. The number of ether oxygens (including phenoxy) is 1. The van der Waals surface area contributed by atoms with E-state index in [1.54, 1.807) is 29.6 Å². The molecule has 1 aromatic heterocycles. The van der Waals surface area contributed by atoms with Crippen LogP contribution in [0.1, 0.15) is 79.7 Å². The second-order valence-corrected chi connectivity index (χ2v) is 10.5. The number of thiazole rings is 1. The molecular formula is C25H32ClN3O3S. The van der Waals surface area contributed by atoms with Gasteiger partial charge in [0.25, 0.3) is 5.91 Å². The first-order chi connectivity index (χ1) is 16.1. The van der Waals surface area contributed by atoms with E-state index in [9.17, 15) is 9.59 Å². The Morgan fingerprint density at radius 2 is 1.67 bits per heavy atom. The molecule has 178 valence electrons. The molecule has 2 saturated carbocycles. The van der Waals surface area contributed by atoms with Gasteiger partial charge in [0, 0.05) is 28.9 Å². The molecule has 2 atom stereocenters. The number of nitrogens with zero attached hydrogens (tertiary/aromatic N) is 1. The van der Waals surface area contributed by atoms with Gasteiger partial charge in [-0.15, -0.1) is 11.3 Å². The van der Waals surface area contributed by atoms with Crippen LogP contribution in [0.4, 0.5) is 0 Å². The first kappa shape index (κ1) is 24.0. The van der Waals surface area contributed by atoms with Gasteiger partial charge in [-0.25, -0.2) is 4.98 Å². The number of amides is 2. The van der Waals surface area contributed by atoms with Crippen LogP contribution in [0.25, 0.3) is 0 Å². The van der Waals surface area contributed by atoms with Gasteiger partial charge in [0.15, 0.2) is 0 Å². The van der Waals surface area contributed by atoms with E-state index in [0.717, 1.165) is 37.1 Å². The van der Waals surface area contributed by atoms with Gasteiger partial charge in [-0.1, -0.05) is 50.1 Å². The zero-order valence-electron chi connectivity index (χ0n) is 18.9. The first-order valence-electron chi connectivity index (χ1n) is 12.0. The second-order valence-electron chi connectivity index (χ2n) is 9.10. The van der Waals surface area contributed by atoms with E-state index in [-0.39, 0.29) is 23.9 Å². The third-order valence-electron chi connectivity index (χ3n) is 6.64. The molecule has 2 aromatic rings. The van der Waals surface area contributed by atoms with Crippen molar-refractivity contribution in [3.8, 4) is 5.75 Å². The summed E-state index contributed by atoms with van der Waals surface area (Å²) in [5, 5.41) is 9.46. The van der Waals surface area contributed by atoms with Gasteiger partial charge < -0.3 is 15.4 Å². The minimum absolute atomic E-state index is 0.00915. The highest BCUT2D eigenvalue weighted by atomic mass is 35.5. The minimum Gasteiger partial charge on any atom is -0.486 e. The van der Waals surface area contributed by atoms with Crippen molar-refractivity contribution in [2.75, 3.05) is 0 Å². The Labute approximate surface area is 204 Å². The fourth-order valence-corrected chi connectivity index (χ4v) is 5.60. The van der Waals surface area contributed by atoms with Crippen molar-refractivity contribution < 1.29 is 14.3 Å². The molecule has 0 aliphatic heterocycles. The van der Waals surface area contributed by atoms with Crippen LogP contribution in [-0.4, -0.2) is 28.9 Å². The van der Waals surface area contributed by atoms with E-state index in [1.807, 2.05) is 0 Å². The van der Waals surface area contributed by atoms with Gasteiger partial charge in [0.2, 0.25) is 5.91 Å². The lowest BCUT2D eigenvalue weighted by molar-refractivity contribution is -0.122. The van der Waals surface area contributed by atoms with Gasteiger partial charge in [-0.2, -0.15) is 0 Å². The fraction of sp³-hybridized carbons (Fsp3) is 0.560. The Morgan fingerprint density at radius 1 is 1.00 bits per heavy atom.